The molecule has 0 fully saturated rings. The number of ether oxygens (including phenoxy) is 1. The van der Waals surface area contributed by atoms with Gasteiger partial charge in [0.15, 0.2) is 0 Å². The first kappa shape index (κ1) is 16.7. The van der Waals surface area contributed by atoms with E-state index in [1.54, 1.807) is 7.11 Å². The van der Waals surface area contributed by atoms with Crippen molar-refractivity contribution in [2.75, 3.05) is 32.1 Å². The van der Waals surface area contributed by atoms with Crippen molar-refractivity contribution < 1.29 is 4.74 Å². The molecule has 0 radical (unpaired) electrons. The van der Waals surface area contributed by atoms with E-state index in [2.05, 4.69) is 54.2 Å². The third kappa shape index (κ3) is 4.17. The highest BCUT2D eigenvalue weighted by atomic mass is 16.5. The minimum Gasteiger partial charge on any atom is -0.497 e. The van der Waals surface area contributed by atoms with Crippen LogP contribution in [0.5, 0.6) is 5.75 Å². The molecule has 0 bridgehead atoms. The second-order valence-electron chi connectivity index (χ2n) is 5.83. The molecule has 2 aromatic rings. The molecule has 2 N–H and O–H groups in total. The van der Waals surface area contributed by atoms with Crippen LogP contribution in [0.2, 0.25) is 0 Å². The summed E-state index contributed by atoms with van der Waals surface area (Å²) in [6.07, 6.45) is 4.35. The predicted molar refractivity (Wildman–Crippen MR) is 95.0 cm³/mol. The van der Waals surface area contributed by atoms with Gasteiger partial charge in [0.1, 0.15) is 5.75 Å². The predicted octanol–water partition coefficient (Wildman–Crippen LogP) is 4.10. The van der Waals surface area contributed by atoms with Gasteiger partial charge in [0, 0.05) is 23.7 Å². The van der Waals surface area contributed by atoms with Crippen LogP contribution in [-0.2, 0) is 0 Å². The molecule has 0 aliphatic carbocycles. The standard InChI is InChI=1S/C18H29N3O/c1-5-21(6-2)11-7-8-14(3)20-17-13-16(22-4)12-15-9-10-19-18(15)17/h9-10,12-14,19-20H,5-8,11H2,1-4H3. The third-order valence-corrected chi connectivity index (χ3v) is 4.28. The first-order chi connectivity index (χ1) is 10.7. The first-order valence-corrected chi connectivity index (χ1v) is 8.31. The topological polar surface area (TPSA) is 40.3 Å². The molecule has 1 heterocycles. The average Bonchev–Trinajstić information content (AvgIpc) is 3.00. The molecule has 1 atom stereocenters. The van der Waals surface area contributed by atoms with E-state index in [9.17, 15) is 0 Å². The van der Waals surface area contributed by atoms with E-state index in [0.717, 1.165) is 36.5 Å². The van der Waals surface area contributed by atoms with Crippen molar-refractivity contribution in [1.82, 2.24) is 9.88 Å². The fraction of sp³-hybridized carbons (Fsp3) is 0.556. The Bertz CT molecular complexity index is 575. The van der Waals surface area contributed by atoms with Crippen LogP contribution in [0.4, 0.5) is 5.69 Å². The van der Waals surface area contributed by atoms with Crippen LogP contribution in [0.25, 0.3) is 10.9 Å². The number of hydrogen-bond acceptors (Lipinski definition) is 3. The maximum absolute atomic E-state index is 5.40. The number of hydrogen-bond donors (Lipinski definition) is 2. The number of anilines is 1. The van der Waals surface area contributed by atoms with Gasteiger partial charge in [-0.15, -0.1) is 0 Å². The van der Waals surface area contributed by atoms with Crippen molar-refractivity contribution in [3.8, 4) is 5.75 Å². The lowest BCUT2D eigenvalue weighted by Gasteiger charge is -2.20. The summed E-state index contributed by atoms with van der Waals surface area (Å²) in [6, 6.07) is 6.64. The lowest BCUT2D eigenvalue weighted by atomic mass is 10.1. The minimum absolute atomic E-state index is 0.439. The van der Waals surface area contributed by atoms with Crippen molar-refractivity contribution in [1.29, 1.82) is 0 Å². The van der Waals surface area contributed by atoms with E-state index < -0.39 is 0 Å². The number of methoxy groups -OCH3 is 1. The van der Waals surface area contributed by atoms with E-state index in [4.69, 9.17) is 4.74 Å². The van der Waals surface area contributed by atoms with E-state index >= 15 is 0 Å². The lowest BCUT2D eigenvalue weighted by Crippen LogP contribution is -2.25. The zero-order chi connectivity index (χ0) is 15.9. The molecule has 2 rings (SSSR count). The molecule has 22 heavy (non-hydrogen) atoms. The fourth-order valence-electron chi connectivity index (χ4n) is 2.87. The molecule has 0 aliphatic rings. The summed E-state index contributed by atoms with van der Waals surface area (Å²) in [4.78, 5) is 5.78. The molecular weight excluding hydrogens is 274 g/mol. The van der Waals surface area contributed by atoms with Gasteiger partial charge in [-0.1, -0.05) is 13.8 Å². The van der Waals surface area contributed by atoms with Crippen molar-refractivity contribution in [2.45, 2.75) is 39.7 Å². The van der Waals surface area contributed by atoms with Crippen LogP contribution in [0.1, 0.15) is 33.6 Å². The van der Waals surface area contributed by atoms with Gasteiger partial charge in [0.05, 0.1) is 18.3 Å². The summed E-state index contributed by atoms with van der Waals surface area (Å²) >= 11 is 0. The van der Waals surface area contributed by atoms with Gasteiger partial charge < -0.3 is 19.9 Å². The van der Waals surface area contributed by atoms with Crippen LogP contribution >= 0.6 is 0 Å². The maximum atomic E-state index is 5.40. The summed E-state index contributed by atoms with van der Waals surface area (Å²) in [6.45, 7) is 10.1. The number of nitrogens with one attached hydrogen (secondary N) is 2. The highest BCUT2D eigenvalue weighted by Gasteiger charge is 2.09. The second kappa shape index (κ2) is 8.08. The Hall–Kier alpha value is -1.68. The van der Waals surface area contributed by atoms with E-state index in [0.29, 0.717) is 6.04 Å². The number of nitrogens with zero attached hydrogens (tertiary/aromatic N) is 1. The van der Waals surface area contributed by atoms with Crippen LogP contribution in [0, 0.1) is 0 Å². The van der Waals surface area contributed by atoms with Crippen LogP contribution in [-0.4, -0.2) is 42.7 Å². The lowest BCUT2D eigenvalue weighted by molar-refractivity contribution is 0.295. The monoisotopic (exact) mass is 303 g/mol. The summed E-state index contributed by atoms with van der Waals surface area (Å²) in [5, 5.41) is 4.80. The number of aromatic nitrogens is 1. The normalized spacial score (nSPS) is 12.8. The Morgan fingerprint density at radius 1 is 1.27 bits per heavy atom. The Morgan fingerprint density at radius 3 is 2.73 bits per heavy atom. The molecule has 1 aromatic heterocycles. The second-order valence-corrected chi connectivity index (χ2v) is 5.83. The molecule has 0 saturated heterocycles. The molecule has 4 nitrogen and oxygen atoms in total. The number of aromatic amines is 1. The van der Waals surface area contributed by atoms with Crippen LogP contribution in [0.15, 0.2) is 24.4 Å². The highest BCUT2D eigenvalue weighted by molar-refractivity contribution is 5.92. The van der Waals surface area contributed by atoms with Gasteiger partial charge in [-0.3, -0.25) is 0 Å². The molecule has 122 valence electrons. The van der Waals surface area contributed by atoms with Gasteiger partial charge in [-0.25, -0.2) is 0 Å². The van der Waals surface area contributed by atoms with Gasteiger partial charge in [-0.2, -0.15) is 0 Å². The summed E-state index contributed by atoms with van der Waals surface area (Å²) in [5.41, 5.74) is 2.27. The maximum Gasteiger partial charge on any atom is 0.121 e. The average molecular weight is 303 g/mol. The molecule has 1 unspecified atom stereocenters. The van der Waals surface area contributed by atoms with Gasteiger partial charge in [0.2, 0.25) is 0 Å². The Morgan fingerprint density at radius 2 is 2.05 bits per heavy atom. The van der Waals surface area contributed by atoms with E-state index in [1.165, 1.54) is 18.4 Å². The smallest absolute Gasteiger partial charge is 0.121 e. The van der Waals surface area contributed by atoms with Gasteiger partial charge in [-0.05, 0) is 51.5 Å². The molecule has 0 amide bonds. The van der Waals surface area contributed by atoms with E-state index in [-0.39, 0.29) is 0 Å². The Balaban J connectivity index is 1.96. The van der Waals surface area contributed by atoms with Crippen molar-refractivity contribution in [2.24, 2.45) is 0 Å². The molecule has 0 aliphatic heterocycles. The number of benzene rings is 1. The molecule has 0 saturated carbocycles. The quantitative estimate of drug-likeness (QED) is 0.732. The number of rotatable bonds is 9. The third-order valence-electron chi connectivity index (χ3n) is 4.28. The van der Waals surface area contributed by atoms with Crippen molar-refractivity contribution in [3.05, 3.63) is 24.4 Å². The molecule has 1 aromatic carbocycles. The van der Waals surface area contributed by atoms with E-state index in [1.807, 2.05) is 6.20 Å². The molecule has 4 heteroatoms. The Labute approximate surface area is 133 Å². The highest BCUT2D eigenvalue weighted by Crippen LogP contribution is 2.29. The van der Waals surface area contributed by atoms with Crippen molar-refractivity contribution >= 4 is 16.6 Å². The van der Waals surface area contributed by atoms with Crippen molar-refractivity contribution in [3.63, 3.8) is 0 Å². The Kier molecular flexibility index (Phi) is 6.13. The summed E-state index contributed by atoms with van der Waals surface area (Å²) in [7, 11) is 1.71. The van der Waals surface area contributed by atoms with Crippen LogP contribution < -0.4 is 10.1 Å². The van der Waals surface area contributed by atoms with Gasteiger partial charge in [0.25, 0.3) is 0 Å². The SMILES string of the molecule is CCN(CC)CCCC(C)Nc1cc(OC)cc2cc[nH]c12. The summed E-state index contributed by atoms with van der Waals surface area (Å²) < 4.78 is 5.40. The van der Waals surface area contributed by atoms with Gasteiger partial charge >= 0.3 is 0 Å². The zero-order valence-corrected chi connectivity index (χ0v) is 14.3. The molecule has 0 spiro atoms. The largest absolute Gasteiger partial charge is 0.497 e. The molecular formula is C18H29N3O. The number of H-pyrrole nitrogens is 1. The van der Waals surface area contributed by atoms with Crippen LogP contribution in [0.3, 0.4) is 0 Å². The zero-order valence-electron chi connectivity index (χ0n) is 14.3. The first-order valence-electron chi connectivity index (χ1n) is 8.31. The minimum atomic E-state index is 0.439. The fourth-order valence-corrected chi connectivity index (χ4v) is 2.87. The number of fused-ring (bicyclic) bond motifs is 1. The summed E-state index contributed by atoms with van der Waals surface area (Å²) in [5.74, 6) is 0.893.